The van der Waals surface area contributed by atoms with Crippen LogP contribution in [0.2, 0.25) is 0 Å². The van der Waals surface area contributed by atoms with Crippen molar-refractivity contribution in [2.45, 2.75) is 0 Å². The summed E-state index contributed by atoms with van der Waals surface area (Å²) in [7, 11) is 2.05. The van der Waals surface area contributed by atoms with Crippen molar-refractivity contribution in [3.63, 3.8) is 0 Å². The molecule has 0 saturated heterocycles. The van der Waals surface area contributed by atoms with Crippen molar-refractivity contribution in [1.29, 1.82) is 0 Å². The molecule has 0 aliphatic heterocycles. The van der Waals surface area contributed by atoms with Crippen LogP contribution in [0, 0.1) is 0 Å². The highest BCUT2D eigenvalue weighted by molar-refractivity contribution is 7.26. The summed E-state index contributed by atoms with van der Waals surface area (Å²) in [5.74, 6) is 0. The van der Waals surface area contributed by atoms with E-state index in [4.69, 9.17) is 14.4 Å². The molecule has 8 nitrogen and oxygen atoms in total. The van der Waals surface area contributed by atoms with E-state index in [0.29, 0.717) is 0 Å². The normalized spacial score (nSPS) is 12.1. The lowest BCUT2D eigenvalue weighted by atomic mass is 10.1. The number of hydrogen-bond acceptors (Lipinski definition) is 8. The lowest BCUT2D eigenvalue weighted by Crippen LogP contribution is -1.95. The van der Waals surface area contributed by atoms with E-state index in [0.717, 1.165) is 44.7 Å². The van der Waals surface area contributed by atoms with Gasteiger partial charge in [-0.2, -0.15) is 0 Å². The van der Waals surface area contributed by atoms with Crippen LogP contribution in [0.1, 0.15) is 0 Å². The molecule has 0 unspecified atom stereocenters. The number of nitrogens with zero attached hydrogens (tertiary/aromatic N) is 7. The molecule has 88 heavy (non-hydrogen) atoms. The third-order valence-electron chi connectivity index (χ3n) is 17.6. The van der Waals surface area contributed by atoms with Gasteiger partial charge in [-0.1, -0.05) is 127 Å². The van der Waals surface area contributed by atoms with E-state index in [-0.39, 0.29) is 0 Å². The first kappa shape index (κ1) is 49.8. The maximum atomic E-state index is 5.57. The number of imidazole rings is 1. The second-order valence-corrected chi connectivity index (χ2v) is 26.5. The number of benzene rings is 12. The number of oxazole rings is 1. The maximum Gasteiger partial charge on any atom is 0.182 e. The summed E-state index contributed by atoms with van der Waals surface area (Å²) in [5.41, 5.74) is 17.4. The van der Waals surface area contributed by atoms with E-state index in [1.54, 1.807) is 11.3 Å². The Morgan fingerprint density at radius 1 is 0.295 bits per heavy atom. The fraction of sp³-hybridized carbons (Fsp3) is 0.0132. The zero-order chi connectivity index (χ0) is 57.7. The van der Waals surface area contributed by atoms with Crippen molar-refractivity contribution < 1.29 is 4.42 Å². The zero-order valence-electron chi connectivity index (χ0n) is 46.9. The van der Waals surface area contributed by atoms with Crippen LogP contribution < -0.4 is 0 Å². The lowest BCUT2D eigenvalue weighted by molar-refractivity contribution is 0.602. The van der Waals surface area contributed by atoms with E-state index >= 15 is 0 Å². The smallest absolute Gasteiger partial charge is 0.182 e. The van der Waals surface area contributed by atoms with Crippen molar-refractivity contribution in [2.75, 3.05) is 0 Å². The molecule has 0 spiro atoms. The van der Waals surface area contributed by atoms with Crippen LogP contribution >= 0.6 is 45.3 Å². The van der Waals surface area contributed by atoms with Crippen LogP contribution in [0.15, 0.2) is 259 Å². The lowest BCUT2D eigenvalue weighted by Gasteiger charge is -2.09. The molecular formula is C76H45N7OS4. The molecule has 21 aromatic rings. The Morgan fingerprint density at radius 3 is 1.19 bits per heavy atom. The molecule has 0 radical (unpaired) electrons. The summed E-state index contributed by atoms with van der Waals surface area (Å²) < 4.78 is 24.0. The maximum absolute atomic E-state index is 5.57. The van der Waals surface area contributed by atoms with Gasteiger partial charge in [-0.25, -0.2) is 15.0 Å². The number of fused-ring (bicyclic) bond motifs is 21. The van der Waals surface area contributed by atoms with Crippen molar-refractivity contribution >= 4 is 204 Å². The number of para-hydroxylation sites is 6. The Kier molecular flexibility index (Phi) is 10.9. The SMILES string of the molecule is Cn1cnc2c(-n3c4ccccc4c4cc5sc6ccccc6c5cc43)cccc21.c1cc(-n2c3ccccc3c3cc4sc5ccccc5c4cc32)c2ncoc2c1.c1cc(-n2c3ccccc3c3cc4sc5ccccc5c4cc32)c2ncsc2c1. The minimum atomic E-state index is 0.801. The zero-order valence-corrected chi connectivity index (χ0v) is 50.2. The molecule has 0 saturated carbocycles. The Morgan fingerprint density at radius 2 is 0.693 bits per heavy atom. The van der Waals surface area contributed by atoms with E-state index in [9.17, 15) is 0 Å². The number of hydrogen-bond donors (Lipinski definition) is 0. The first-order valence-electron chi connectivity index (χ1n) is 29.2. The topological polar surface area (TPSA) is 71.5 Å². The number of aryl methyl sites for hydroxylation is 1. The summed E-state index contributed by atoms with van der Waals surface area (Å²) in [5, 5.41) is 15.6. The summed E-state index contributed by atoms with van der Waals surface area (Å²) in [4.78, 5) is 13.9. The third-order valence-corrected chi connectivity index (χ3v) is 21.8. The standard InChI is InChI=1S/C26H17N3S.C25H14N2OS.C25H14N2S2/c1-28-15-27-26-21(28)10-6-11-22(26)29-20-9-4-2-7-16(20)18-14-25-19(13-23(18)29)17-8-3-5-12-24(17)30-25;1-3-8-19-15(6-1)17-13-24-18(16-7-2-4-11-23(16)29-24)12-21(17)27(19)20-9-5-10-22-25(20)26-14-28-22;1-3-8-19-15(6-1)17-13-24-18(16-7-2-4-10-22(16)29-24)12-21(17)27(19)20-9-5-11-23-25(20)26-14-28-23/h2-15H,1H3;2*1-14H. The largest absolute Gasteiger partial charge is 0.443 e. The first-order valence-corrected chi connectivity index (χ1v) is 32.5. The van der Waals surface area contributed by atoms with Crippen molar-refractivity contribution in [1.82, 2.24) is 33.2 Å². The molecule has 12 heteroatoms. The molecule has 0 aliphatic rings. The summed E-state index contributed by atoms with van der Waals surface area (Å²) >= 11 is 7.30. The molecule has 0 fully saturated rings. The quantitative estimate of drug-likeness (QED) is 0.177. The molecule has 0 bridgehead atoms. The Bertz CT molecular complexity index is 6180. The fourth-order valence-electron chi connectivity index (χ4n) is 13.8. The predicted molar refractivity (Wildman–Crippen MR) is 376 cm³/mol. The molecule has 0 N–H and O–H groups in total. The van der Waals surface area contributed by atoms with Gasteiger partial charge in [0.1, 0.15) is 16.6 Å². The molecule has 0 amide bonds. The van der Waals surface area contributed by atoms with Crippen LogP contribution in [0.4, 0.5) is 0 Å². The van der Waals surface area contributed by atoms with Crippen molar-refractivity contribution in [2.24, 2.45) is 7.05 Å². The number of rotatable bonds is 3. The van der Waals surface area contributed by atoms with E-state index in [2.05, 4.69) is 248 Å². The van der Waals surface area contributed by atoms with Gasteiger partial charge in [0.05, 0.1) is 72.2 Å². The molecule has 9 heterocycles. The second kappa shape index (κ2) is 19.3. The van der Waals surface area contributed by atoms with Gasteiger partial charge < -0.3 is 22.7 Å². The van der Waals surface area contributed by atoms with Crippen LogP contribution in [0.5, 0.6) is 0 Å². The van der Waals surface area contributed by atoms with Crippen molar-refractivity contribution in [3.05, 3.63) is 255 Å². The van der Waals surface area contributed by atoms with Gasteiger partial charge in [-0.15, -0.1) is 45.3 Å². The predicted octanol–water partition coefficient (Wildman–Crippen LogP) is 22.1. The second-order valence-electron chi connectivity index (χ2n) is 22.4. The Labute approximate surface area is 516 Å². The molecular weight excluding hydrogens is 1160 g/mol. The molecule has 0 aliphatic carbocycles. The monoisotopic (exact) mass is 1200 g/mol. The van der Waals surface area contributed by atoms with Crippen LogP contribution in [0.25, 0.3) is 175 Å². The van der Waals surface area contributed by atoms with E-state index in [1.807, 2.05) is 65.0 Å². The minimum Gasteiger partial charge on any atom is -0.443 e. The van der Waals surface area contributed by atoms with Crippen LogP contribution in [0.3, 0.4) is 0 Å². The van der Waals surface area contributed by atoms with Gasteiger partial charge in [0.15, 0.2) is 12.0 Å². The number of aromatic nitrogens is 7. The van der Waals surface area contributed by atoms with Gasteiger partial charge in [0, 0.05) is 99.9 Å². The Balaban J connectivity index is 0.0000000958. The van der Waals surface area contributed by atoms with Gasteiger partial charge >= 0.3 is 0 Å². The summed E-state index contributed by atoms with van der Waals surface area (Å²) in [6, 6.07) is 85.2. The van der Waals surface area contributed by atoms with Gasteiger partial charge in [0.2, 0.25) is 0 Å². The number of thiophene rings is 3. The fourth-order valence-corrected chi connectivity index (χ4v) is 17.8. The highest BCUT2D eigenvalue weighted by atomic mass is 32.1. The number of thiazole rings is 1. The van der Waals surface area contributed by atoms with E-state index in [1.165, 1.54) is 137 Å². The first-order chi connectivity index (χ1) is 43.6. The summed E-state index contributed by atoms with van der Waals surface area (Å²) in [6.07, 6.45) is 3.42. The highest BCUT2D eigenvalue weighted by Gasteiger charge is 2.22. The van der Waals surface area contributed by atoms with Crippen molar-refractivity contribution in [3.8, 4) is 17.1 Å². The van der Waals surface area contributed by atoms with Gasteiger partial charge in [-0.05, 0) is 109 Å². The molecule has 12 aromatic carbocycles. The Hall–Kier alpha value is -10.5. The van der Waals surface area contributed by atoms with Gasteiger partial charge in [0.25, 0.3) is 0 Å². The van der Waals surface area contributed by atoms with E-state index < -0.39 is 0 Å². The molecule has 9 aromatic heterocycles. The van der Waals surface area contributed by atoms with Crippen LogP contribution in [-0.2, 0) is 7.05 Å². The third kappa shape index (κ3) is 7.37. The van der Waals surface area contributed by atoms with Gasteiger partial charge in [-0.3, -0.25) is 0 Å². The minimum absolute atomic E-state index is 0.801. The molecule has 21 rings (SSSR count). The molecule has 414 valence electrons. The molecule has 0 atom stereocenters. The average Bonchev–Trinajstić information content (AvgIpc) is 1.68. The highest BCUT2D eigenvalue weighted by Crippen LogP contribution is 2.45. The van der Waals surface area contributed by atoms with Crippen LogP contribution in [-0.4, -0.2) is 33.2 Å². The average molecular weight is 1200 g/mol. The summed E-state index contributed by atoms with van der Waals surface area (Å²) in [6.45, 7) is 0.